The summed E-state index contributed by atoms with van der Waals surface area (Å²) in [5, 5.41) is 0.733. The summed E-state index contributed by atoms with van der Waals surface area (Å²) in [7, 11) is 0. The molecule has 0 saturated carbocycles. The second-order valence-corrected chi connectivity index (χ2v) is 5.77. The molecule has 3 nitrogen and oxygen atoms in total. The van der Waals surface area contributed by atoms with Crippen molar-refractivity contribution in [1.29, 1.82) is 0 Å². The molecule has 1 fully saturated rings. The van der Waals surface area contributed by atoms with Crippen molar-refractivity contribution in [2.75, 3.05) is 11.9 Å². The lowest BCUT2D eigenvalue weighted by Gasteiger charge is -2.21. The topological polar surface area (TPSA) is 37.4 Å². The van der Waals surface area contributed by atoms with Crippen LogP contribution < -0.4 is 0 Å². The molecule has 3 atom stereocenters. The Kier molecular flexibility index (Phi) is 4.40. The molecule has 0 aliphatic carbocycles. The minimum absolute atomic E-state index is 0.0422. The monoisotopic (exact) mass is 323 g/mol. The lowest BCUT2D eigenvalue weighted by atomic mass is 10.00. The lowest BCUT2D eigenvalue weighted by molar-refractivity contribution is -0.140. The second kappa shape index (κ2) is 5.87. The van der Waals surface area contributed by atoms with E-state index in [1.165, 1.54) is 4.90 Å². The summed E-state index contributed by atoms with van der Waals surface area (Å²) < 4.78 is 0. The number of carbonyl (C=O) groups excluding carboxylic acids is 2. The van der Waals surface area contributed by atoms with E-state index < -0.39 is 0 Å². The molecular formula is C15H18BrNO2. The third-order valence-corrected chi connectivity index (χ3v) is 4.70. The van der Waals surface area contributed by atoms with Crippen LogP contribution in [0.5, 0.6) is 0 Å². The number of benzene rings is 1. The highest BCUT2D eigenvalue weighted by molar-refractivity contribution is 9.09. The van der Waals surface area contributed by atoms with E-state index in [2.05, 4.69) is 15.9 Å². The fraction of sp³-hybridized carbons (Fsp3) is 0.467. The summed E-state index contributed by atoms with van der Waals surface area (Å²) in [6.07, 6.45) is 0. The van der Waals surface area contributed by atoms with Crippen LogP contribution in [-0.4, -0.2) is 28.6 Å². The highest BCUT2D eigenvalue weighted by Crippen LogP contribution is 2.28. The maximum atomic E-state index is 12.1. The van der Waals surface area contributed by atoms with Gasteiger partial charge in [0.25, 0.3) is 0 Å². The van der Waals surface area contributed by atoms with Gasteiger partial charge >= 0.3 is 0 Å². The largest absolute Gasteiger partial charge is 0.281 e. The van der Waals surface area contributed by atoms with Crippen LogP contribution in [0.15, 0.2) is 30.3 Å². The highest BCUT2D eigenvalue weighted by Gasteiger charge is 2.42. The summed E-state index contributed by atoms with van der Waals surface area (Å²) in [6, 6.07) is 9.98. The third kappa shape index (κ3) is 2.73. The molecule has 0 N–H and O–H groups in total. The zero-order valence-corrected chi connectivity index (χ0v) is 12.8. The van der Waals surface area contributed by atoms with E-state index >= 15 is 0 Å². The van der Waals surface area contributed by atoms with Gasteiger partial charge in [0.2, 0.25) is 11.8 Å². The van der Waals surface area contributed by atoms with Crippen molar-refractivity contribution in [3.8, 4) is 0 Å². The summed E-state index contributed by atoms with van der Waals surface area (Å²) in [6.45, 7) is 4.12. The molecule has 1 saturated heterocycles. The third-order valence-electron chi connectivity index (χ3n) is 3.92. The molecule has 1 aliphatic rings. The molecule has 1 heterocycles. The number of halogens is 1. The predicted octanol–water partition coefficient (Wildman–Crippen LogP) is 2.81. The van der Waals surface area contributed by atoms with Crippen LogP contribution in [-0.2, 0) is 9.59 Å². The zero-order valence-electron chi connectivity index (χ0n) is 11.2. The molecule has 0 bridgehead atoms. The van der Waals surface area contributed by atoms with Crippen molar-refractivity contribution >= 4 is 27.7 Å². The van der Waals surface area contributed by atoms with Crippen molar-refractivity contribution in [2.45, 2.75) is 19.8 Å². The van der Waals surface area contributed by atoms with Crippen LogP contribution in [0.3, 0.4) is 0 Å². The van der Waals surface area contributed by atoms with Gasteiger partial charge in [-0.25, -0.2) is 0 Å². The van der Waals surface area contributed by atoms with Gasteiger partial charge in [-0.3, -0.25) is 14.5 Å². The smallest absolute Gasteiger partial charge is 0.232 e. The second-order valence-electron chi connectivity index (χ2n) is 5.13. The van der Waals surface area contributed by atoms with Crippen molar-refractivity contribution in [3.63, 3.8) is 0 Å². The van der Waals surface area contributed by atoms with Gasteiger partial charge in [-0.05, 0) is 5.56 Å². The highest BCUT2D eigenvalue weighted by atomic mass is 79.9. The van der Waals surface area contributed by atoms with E-state index in [1.807, 2.05) is 44.2 Å². The molecule has 102 valence electrons. The minimum atomic E-state index is -0.195. The lowest BCUT2D eigenvalue weighted by Crippen LogP contribution is -2.35. The van der Waals surface area contributed by atoms with Crippen molar-refractivity contribution < 1.29 is 9.59 Å². The molecule has 1 aromatic rings. The summed E-state index contributed by atoms with van der Waals surface area (Å²) in [5.41, 5.74) is 1.15. The first-order valence-corrected chi connectivity index (χ1v) is 7.64. The predicted molar refractivity (Wildman–Crippen MR) is 78.0 cm³/mol. The fourth-order valence-corrected chi connectivity index (χ4v) is 2.98. The van der Waals surface area contributed by atoms with Crippen LogP contribution >= 0.6 is 15.9 Å². The molecule has 2 amide bonds. The van der Waals surface area contributed by atoms with E-state index in [4.69, 9.17) is 0 Å². The quantitative estimate of drug-likeness (QED) is 0.631. The molecule has 4 heteroatoms. The van der Waals surface area contributed by atoms with E-state index in [0.717, 1.165) is 10.9 Å². The van der Waals surface area contributed by atoms with Gasteiger partial charge in [-0.15, -0.1) is 0 Å². The maximum Gasteiger partial charge on any atom is 0.232 e. The van der Waals surface area contributed by atoms with E-state index in [0.29, 0.717) is 6.54 Å². The number of hydrogen-bond donors (Lipinski definition) is 0. The normalized spacial score (nSPS) is 24.9. The van der Waals surface area contributed by atoms with Crippen molar-refractivity contribution in [1.82, 2.24) is 4.90 Å². The van der Waals surface area contributed by atoms with Gasteiger partial charge in [-0.1, -0.05) is 60.1 Å². The first-order valence-electron chi connectivity index (χ1n) is 6.52. The first kappa shape index (κ1) is 14.3. The van der Waals surface area contributed by atoms with E-state index in [1.54, 1.807) is 0 Å². The Morgan fingerprint density at radius 1 is 1.11 bits per heavy atom. The van der Waals surface area contributed by atoms with Crippen LogP contribution in [0.25, 0.3) is 0 Å². The number of nitrogens with zero attached hydrogens (tertiary/aromatic N) is 1. The first-order chi connectivity index (χ1) is 9.06. The van der Waals surface area contributed by atoms with Crippen LogP contribution in [0.2, 0.25) is 0 Å². The molecular weight excluding hydrogens is 306 g/mol. The Morgan fingerprint density at radius 2 is 1.63 bits per heavy atom. The van der Waals surface area contributed by atoms with Crippen LogP contribution in [0.1, 0.15) is 25.3 Å². The number of alkyl halides is 1. The molecule has 2 rings (SSSR count). The summed E-state index contributed by atoms with van der Waals surface area (Å²) >= 11 is 3.48. The van der Waals surface area contributed by atoms with Gasteiger partial charge in [0.15, 0.2) is 0 Å². The van der Waals surface area contributed by atoms with Crippen molar-refractivity contribution in [3.05, 3.63) is 35.9 Å². The molecule has 19 heavy (non-hydrogen) atoms. The van der Waals surface area contributed by atoms with Gasteiger partial charge in [0.1, 0.15) is 0 Å². The Labute approximate surface area is 122 Å². The summed E-state index contributed by atoms with van der Waals surface area (Å²) in [4.78, 5) is 25.6. The van der Waals surface area contributed by atoms with Gasteiger partial charge in [0.05, 0.1) is 0 Å². The molecule has 0 aromatic heterocycles. The molecule has 0 radical (unpaired) electrons. The number of carbonyl (C=O) groups is 2. The molecule has 1 aromatic carbocycles. The average molecular weight is 324 g/mol. The number of imide groups is 1. The Balaban J connectivity index is 2.16. The van der Waals surface area contributed by atoms with Crippen molar-refractivity contribution in [2.24, 2.45) is 11.8 Å². The number of amides is 2. The summed E-state index contributed by atoms with van der Waals surface area (Å²) in [5.74, 6) is -0.330. The standard InChI is InChI=1S/C15H18BrNO2/c1-10-11(2)15(19)17(14(10)18)9-13(8-16)12-6-4-3-5-7-12/h3-7,10-11,13H,8-9H2,1-2H3. The molecule has 0 spiro atoms. The SMILES string of the molecule is CC1C(=O)N(CC(CBr)c2ccccc2)C(=O)C1C. The van der Waals surface area contributed by atoms with Gasteiger partial charge < -0.3 is 0 Å². The average Bonchev–Trinajstić information content (AvgIpc) is 2.62. The Morgan fingerprint density at radius 3 is 2.11 bits per heavy atom. The fourth-order valence-electron chi connectivity index (χ4n) is 2.40. The van der Waals surface area contributed by atoms with Crippen LogP contribution in [0.4, 0.5) is 0 Å². The Bertz CT molecular complexity index is 454. The van der Waals surface area contributed by atoms with E-state index in [9.17, 15) is 9.59 Å². The maximum absolute atomic E-state index is 12.1. The number of likely N-dealkylation sites (tertiary alicyclic amines) is 1. The Hall–Kier alpha value is -1.16. The van der Waals surface area contributed by atoms with E-state index in [-0.39, 0.29) is 29.6 Å². The number of hydrogen-bond acceptors (Lipinski definition) is 2. The van der Waals surface area contributed by atoms with Gasteiger partial charge in [-0.2, -0.15) is 0 Å². The van der Waals surface area contributed by atoms with Gasteiger partial charge in [0, 0.05) is 29.6 Å². The molecule has 1 aliphatic heterocycles. The molecule has 3 unspecified atom stereocenters. The van der Waals surface area contributed by atoms with Crippen LogP contribution in [0, 0.1) is 11.8 Å². The number of rotatable bonds is 4. The zero-order chi connectivity index (χ0) is 14.0. The minimum Gasteiger partial charge on any atom is -0.281 e.